The van der Waals surface area contributed by atoms with Crippen molar-refractivity contribution in [2.45, 2.75) is 25.7 Å². The summed E-state index contributed by atoms with van der Waals surface area (Å²) in [5.41, 5.74) is 1.21. The van der Waals surface area contributed by atoms with Crippen LogP contribution in [-0.4, -0.2) is 43.4 Å². The Morgan fingerprint density at radius 1 is 1.33 bits per heavy atom. The Kier molecular flexibility index (Phi) is 6.77. The highest BCUT2D eigenvalue weighted by atomic mass is 16.5. The standard InChI is InChI=1S/C18H27NO2/c1-21-18-10-8-16(9-11-18)5-2-12-19-13-3-6-17(15-19)7-4-14-20/h2,5,8-11,17,20H,3-4,6-7,12-15H2,1H3/b5-2+. The zero-order valence-corrected chi connectivity index (χ0v) is 13.0. The molecule has 1 saturated heterocycles. The molecular formula is C18H27NO2. The number of hydrogen-bond donors (Lipinski definition) is 1. The summed E-state index contributed by atoms with van der Waals surface area (Å²) in [4.78, 5) is 2.52. The van der Waals surface area contributed by atoms with Crippen molar-refractivity contribution in [3.05, 3.63) is 35.9 Å². The SMILES string of the molecule is COc1ccc(/C=C/CN2CCCC(CCCO)C2)cc1. The summed E-state index contributed by atoms with van der Waals surface area (Å²) in [5.74, 6) is 1.66. The number of aliphatic hydroxyl groups is 1. The van der Waals surface area contributed by atoms with E-state index in [1.54, 1.807) is 7.11 Å². The molecule has 0 bridgehead atoms. The third kappa shape index (κ3) is 5.52. The summed E-state index contributed by atoms with van der Waals surface area (Å²) in [7, 11) is 1.69. The van der Waals surface area contributed by atoms with Gasteiger partial charge >= 0.3 is 0 Å². The second kappa shape index (κ2) is 8.85. The van der Waals surface area contributed by atoms with Gasteiger partial charge in [-0.05, 0) is 55.8 Å². The van der Waals surface area contributed by atoms with Crippen molar-refractivity contribution >= 4 is 6.08 Å². The molecule has 116 valence electrons. The van der Waals surface area contributed by atoms with Crippen LogP contribution in [0.2, 0.25) is 0 Å². The van der Waals surface area contributed by atoms with Gasteiger partial charge in [-0.15, -0.1) is 0 Å². The van der Waals surface area contributed by atoms with Gasteiger partial charge in [-0.1, -0.05) is 24.3 Å². The van der Waals surface area contributed by atoms with Crippen LogP contribution in [0.1, 0.15) is 31.2 Å². The third-order valence-electron chi connectivity index (χ3n) is 4.16. The Bertz CT molecular complexity index is 427. The van der Waals surface area contributed by atoms with Crippen LogP contribution in [0, 0.1) is 5.92 Å². The molecule has 0 amide bonds. The lowest BCUT2D eigenvalue weighted by Crippen LogP contribution is -2.35. The van der Waals surface area contributed by atoms with E-state index < -0.39 is 0 Å². The summed E-state index contributed by atoms with van der Waals surface area (Å²) in [6.45, 7) is 3.71. The zero-order chi connectivity index (χ0) is 14.9. The lowest BCUT2D eigenvalue weighted by molar-refractivity contribution is 0.173. The van der Waals surface area contributed by atoms with Crippen LogP contribution in [0.15, 0.2) is 30.3 Å². The van der Waals surface area contributed by atoms with E-state index in [9.17, 15) is 0 Å². The first-order valence-corrected chi connectivity index (χ1v) is 7.95. The number of likely N-dealkylation sites (tertiary alicyclic amines) is 1. The van der Waals surface area contributed by atoms with E-state index in [-0.39, 0.29) is 0 Å². The molecule has 1 aliphatic rings. The Balaban J connectivity index is 1.77. The highest BCUT2D eigenvalue weighted by Gasteiger charge is 2.18. The summed E-state index contributed by atoms with van der Waals surface area (Å²) >= 11 is 0. The number of benzene rings is 1. The summed E-state index contributed by atoms with van der Waals surface area (Å²) in [5, 5.41) is 8.93. The molecule has 3 nitrogen and oxygen atoms in total. The number of methoxy groups -OCH3 is 1. The van der Waals surface area contributed by atoms with Crippen LogP contribution in [0.5, 0.6) is 5.75 Å². The van der Waals surface area contributed by atoms with E-state index in [0.717, 1.165) is 31.1 Å². The van der Waals surface area contributed by atoms with Crippen LogP contribution in [-0.2, 0) is 0 Å². The van der Waals surface area contributed by atoms with E-state index in [1.807, 2.05) is 12.1 Å². The second-order valence-electron chi connectivity index (χ2n) is 5.81. The molecule has 1 heterocycles. The molecule has 1 unspecified atom stereocenters. The minimum absolute atomic E-state index is 0.327. The predicted molar refractivity (Wildman–Crippen MR) is 87.5 cm³/mol. The molecule has 3 heteroatoms. The highest BCUT2D eigenvalue weighted by molar-refractivity contribution is 5.50. The third-order valence-corrected chi connectivity index (χ3v) is 4.16. The Hall–Kier alpha value is -1.32. The molecule has 1 atom stereocenters. The fourth-order valence-corrected chi connectivity index (χ4v) is 2.99. The first-order valence-electron chi connectivity index (χ1n) is 7.95. The number of rotatable bonds is 7. The van der Waals surface area contributed by atoms with Gasteiger partial charge in [-0.25, -0.2) is 0 Å². The molecule has 0 spiro atoms. The quantitative estimate of drug-likeness (QED) is 0.836. The lowest BCUT2D eigenvalue weighted by atomic mass is 9.93. The van der Waals surface area contributed by atoms with Crippen molar-refractivity contribution in [3.63, 3.8) is 0 Å². The topological polar surface area (TPSA) is 32.7 Å². The molecule has 1 aromatic carbocycles. The number of hydrogen-bond acceptors (Lipinski definition) is 3. The molecule has 1 N–H and O–H groups in total. The number of ether oxygens (including phenoxy) is 1. The molecule has 1 fully saturated rings. The Labute approximate surface area is 128 Å². The molecule has 0 radical (unpaired) electrons. The molecule has 1 aliphatic heterocycles. The van der Waals surface area contributed by atoms with Crippen LogP contribution in [0.4, 0.5) is 0 Å². The van der Waals surface area contributed by atoms with Gasteiger partial charge in [-0.3, -0.25) is 4.90 Å². The minimum Gasteiger partial charge on any atom is -0.497 e. The molecule has 1 aromatic rings. The first-order chi connectivity index (χ1) is 10.3. The summed E-state index contributed by atoms with van der Waals surface area (Å²) in [6.07, 6.45) is 9.13. The fraction of sp³-hybridized carbons (Fsp3) is 0.556. The van der Waals surface area contributed by atoms with Crippen LogP contribution in [0.25, 0.3) is 6.08 Å². The predicted octanol–water partition coefficient (Wildman–Crippen LogP) is 3.19. The van der Waals surface area contributed by atoms with E-state index in [0.29, 0.717) is 6.61 Å². The monoisotopic (exact) mass is 289 g/mol. The normalized spacial score (nSPS) is 20.0. The number of nitrogens with zero attached hydrogens (tertiary/aromatic N) is 1. The van der Waals surface area contributed by atoms with E-state index in [4.69, 9.17) is 9.84 Å². The zero-order valence-electron chi connectivity index (χ0n) is 13.0. The van der Waals surface area contributed by atoms with E-state index in [1.165, 1.54) is 31.5 Å². The molecular weight excluding hydrogens is 262 g/mol. The van der Waals surface area contributed by atoms with Crippen LogP contribution < -0.4 is 4.74 Å². The Morgan fingerprint density at radius 3 is 2.86 bits per heavy atom. The average molecular weight is 289 g/mol. The van der Waals surface area contributed by atoms with E-state index in [2.05, 4.69) is 29.2 Å². The average Bonchev–Trinajstić information content (AvgIpc) is 2.54. The fourth-order valence-electron chi connectivity index (χ4n) is 2.99. The maximum Gasteiger partial charge on any atom is 0.118 e. The van der Waals surface area contributed by atoms with Gasteiger partial charge in [-0.2, -0.15) is 0 Å². The van der Waals surface area contributed by atoms with Gasteiger partial charge in [0.2, 0.25) is 0 Å². The molecule has 21 heavy (non-hydrogen) atoms. The maximum absolute atomic E-state index is 8.93. The van der Waals surface area contributed by atoms with E-state index >= 15 is 0 Å². The van der Waals surface area contributed by atoms with Gasteiger partial charge in [0.15, 0.2) is 0 Å². The summed E-state index contributed by atoms with van der Waals surface area (Å²) in [6, 6.07) is 8.14. The van der Waals surface area contributed by atoms with Crippen molar-refractivity contribution in [3.8, 4) is 5.75 Å². The molecule has 0 saturated carbocycles. The van der Waals surface area contributed by atoms with Gasteiger partial charge in [0.05, 0.1) is 7.11 Å². The largest absolute Gasteiger partial charge is 0.497 e. The number of piperidine rings is 1. The van der Waals surface area contributed by atoms with Gasteiger partial charge in [0.25, 0.3) is 0 Å². The minimum atomic E-state index is 0.327. The smallest absolute Gasteiger partial charge is 0.118 e. The Morgan fingerprint density at radius 2 is 2.14 bits per heavy atom. The second-order valence-corrected chi connectivity index (χ2v) is 5.81. The first kappa shape index (κ1) is 16.1. The lowest BCUT2D eigenvalue weighted by Gasteiger charge is -2.31. The van der Waals surface area contributed by atoms with Crippen molar-refractivity contribution in [1.82, 2.24) is 4.90 Å². The highest BCUT2D eigenvalue weighted by Crippen LogP contribution is 2.20. The molecule has 0 aliphatic carbocycles. The van der Waals surface area contributed by atoms with Gasteiger partial charge in [0.1, 0.15) is 5.75 Å². The summed E-state index contributed by atoms with van der Waals surface area (Å²) < 4.78 is 5.16. The van der Waals surface area contributed by atoms with Crippen molar-refractivity contribution < 1.29 is 9.84 Å². The van der Waals surface area contributed by atoms with Gasteiger partial charge < -0.3 is 9.84 Å². The van der Waals surface area contributed by atoms with Crippen molar-refractivity contribution in [2.75, 3.05) is 33.4 Å². The van der Waals surface area contributed by atoms with Gasteiger partial charge in [0, 0.05) is 19.7 Å². The van der Waals surface area contributed by atoms with Crippen LogP contribution >= 0.6 is 0 Å². The maximum atomic E-state index is 8.93. The van der Waals surface area contributed by atoms with Crippen molar-refractivity contribution in [1.29, 1.82) is 0 Å². The van der Waals surface area contributed by atoms with Crippen LogP contribution in [0.3, 0.4) is 0 Å². The molecule has 0 aromatic heterocycles. The van der Waals surface area contributed by atoms with Crippen molar-refractivity contribution in [2.24, 2.45) is 5.92 Å². The number of aliphatic hydroxyl groups excluding tert-OH is 1. The molecule has 2 rings (SSSR count).